The van der Waals surface area contributed by atoms with Crippen LogP contribution in [0.15, 0.2) is 47.3 Å². The van der Waals surface area contributed by atoms with E-state index in [1.165, 1.54) is 11.0 Å². The van der Waals surface area contributed by atoms with Crippen LogP contribution >= 0.6 is 0 Å². The molecule has 0 bridgehead atoms. The van der Waals surface area contributed by atoms with E-state index in [2.05, 4.69) is 9.97 Å². The zero-order chi connectivity index (χ0) is 21.4. The molecule has 1 aromatic heterocycles. The van der Waals surface area contributed by atoms with Gasteiger partial charge in [0.05, 0.1) is 16.8 Å². The number of ether oxygens (including phenoxy) is 1. The number of aromatic nitrogens is 2. The second-order valence-corrected chi connectivity index (χ2v) is 7.39. The molecule has 8 heteroatoms. The number of nitrogens with zero attached hydrogens (tertiary/aromatic N) is 2. The normalized spacial score (nSPS) is 17.4. The van der Waals surface area contributed by atoms with Gasteiger partial charge in [-0.15, -0.1) is 0 Å². The van der Waals surface area contributed by atoms with Gasteiger partial charge in [0.1, 0.15) is 5.82 Å². The Kier molecular flexibility index (Phi) is 5.07. The van der Waals surface area contributed by atoms with Gasteiger partial charge in [0.2, 0.25) is 5.91 Å². The second-order valence-electron chi connectivity index (χ2n) is 7.39. The lowest BCUT2D eigenvalue weighted by Gasteiger charge is -2.18. The molecule has 0 saturated carbocycles. The first-order valence-corrected chi connectivity index (χ1v) is 9.59. The van der Waals surface area contributed by atoms with E-state index < -0.39 is 23.8 Å². The summed E-state index contributed by atoms with van der Waals surface area (Å²) in [6, 6.07) is 11.4. The molecule has 4 rings (SSSR count). The minimum atomic E-state index is -0.796. The Morgan fingerprint density at radius 2 is 2.03 bits per heavy atom. The number of nitrogens with one attached hydrogen (secondary N) is 1. The van der Waals surface area contributed by atoms with Gasteiger partial charge in [0.25, 0.3) is 5.56 Å². The van der Waals surface area contributed by atoms with Crippen molar-refractivity contribution in [2.75, 3.05) is 11.4 Å². The molecule has 30 heavy (non-hydrogen) atoms. The Morgan fingerprint density at radius 1 is 1.27 bits per heavy atom. The smallest absolute Gasteiger partial charge is 0.311 e. The molecule has 1 saturated heterocycles. The van der Waals surface area contributed by atoms with Crippen LogP contribution < -0.4 is 10.5 Å². The molecular weight excluding hydrogens is 389 g/mol. The van der Waals surface area contributed by atoms with Gasteiger partial charge in [-0.1, -0.05) is 18.2 Å². The van der Waals surface area contributed by atoms with E-state index in [4.69, 9.17) is 4.74 Å². The lowest BCUT2D eigenvalue weighted by molar-refractivity contribution is -0.153. The summed E-state index contributed by atoms with van der Waals surface area (Å²) in [6.07, 6.45) is -0.821. The van der Waals surface area contributed by atoms with E-state index in [1.807, 2.05) is 0 Å². The first-order valence-electron chi connectivity index (χ1n) is 9.59. The highest BCUT2D eigenvalue weighted by atomic mass is 19.1. The lowest BCUT2D eigenvalue weighted by atomic mass is 10.1. The van der Waals surface area contributed by atoms with Crippen LogP contribution in [0.2, 0.25) is 0 Å². The van der Waals surface area contributed by atoms with Crippen molar-refractivity contribution in [3.63, 3.8) is 0 Å². The Morgan fingerprint density at radius 3 is 2.80 bits per heavy atom. The SMILES string of the molecule is Cc1ccc(N2C[C@H](C(=O)O[C@H](C)c3nc4ccccc4c(=O)[nH]3)CC2=O)cc1F. The summed E-state index contributed by atoms with van der Waals surface area (Å²) >= 11 is 0. The number of fused-ring (bicyclic) bond motifs is 1. The number of hydrogen-bond donors (Lipinski definition) is 1. The number of para-hydroxylation sites is 1. The predicted molar refractivity (Wildman–Crippen MR) is 108 cm³/mol. The average molecular weight is 409 g/mol. The first-order chi connectivity index (χ1) is 14.3. The highest BCUT2D eigenvalue weighted by Crippen LogP contribution is 2.28. The van der Waals surface area contributed by atoms with Crippen molar-refractivity contribution in [3.05, 3.63) is 70.0 Å². The van der Waals surface area contributed by atoms with Crippen LogP contribution in [-0.2, 0) is 14.3 Å². The average Bonchev–Trinajstić information content (AvgIpc) is 3.12. The van der Waals surface area contributed by atoms with Crippen LogP contribution in [0, 0.1) is 18.7 Å². The van der Waals surface area contributed by atoms with E-state index >= 15 is 0 Å². The number of carbonyl (C=O) groups is 2. The van der Waals surface area contributed by atoms with Crippen LogP contribution in [0.3, 0.4) is 0 Å². The number of benzene rings is 2. The Labute approximate surface area is 171 Å². The minimum Gasteiger partial charge on any atom is -0.454 e. The van der Waals surface area contributed by atoms with E-state index in [9.17, 15) is 18.8 Å². The molecule has 1 aliphatic rings. The predicted octanol–water partition coefficient (Wildman–Crippen LogP) is 3.03. The quantitative estimate of drug-likeness (QED) is 0.669. The summed E-state index contributed by atoms with van der Waals surface area (Å²) in [7, 11) is 0. The second kappa shape index (κ2) is 7.70. The maximum absolute atomic E-state index is 13.9. The number of aromatic amines is 1. The summed E-state index contributed by atoms with van der Waals surface area (Å²) in [5.74, 6) is -1.71. The summed E-state index contributed by atoms with van der Waals surface area (Å²) in [5.41, 5.74) is 1.07. The van der Waals surface area contributed by atoms with Crippen LogP contribution in [-0.4, -0.2) is 28.4 Å². The largest absolute Gasteiger partial charge is 0.454 e. The third-order valence-electron chi connectivity index (χ3n) is 5.23. The number of esters is 1. The highest BCUT2D eigenvalue weighted by Gasteiger charge is 2.37. The van der Waals surface area contributed by atoms with Crippen molar-refractivity contribution in [3.8, 4) is 0 Å². The molecule has 0 unspecified atom stereocenters. The van der Waals surface area contributed by atoms with Crippen LogP contribution in [0.25, 0.3) is 10.9 Å². The topological polar surface area (TPSA) is 92.4 Å². The number of aryl methyl sites for hydroxylation is 1. The summed E-state index contributed by atoms with van der Waals surface area (Å²) < 4.78 is 19.3. The van der Waals surface area contributed by atoms with Crippen molar-refractivity contribution in [2.45, 2.75) is 26.4 Å². The third-order valence-corrected chi connectivity index (χ3v) is 5.23. The fraction of sp³-hybridized carbons (Fsp3) is 0.273. The van der Waals surface area contributed by atoms with Gasteiger partial charge in [-0.25, -0.2) is 9.37 Å². The molecule has 2 atom stereocenters. The maximum atomic E-state index is 13.9. The summed E-state index contributed by atoms with van der Waals surface area (Å²) in [6.45, 7) is 3.35. The Balaban J connectivity index is 1.48. The molecular formula is C22H20FN3O4. The van der Waals surface area contributed by atoms with Crippen molar-refractivity contribution < 1.29 is 18.7 Å². The molecule has 0 radical (unpaired) electrons. The van der Waals surface area contributed by atoms with Crippen LogP contribution in [0.1, 0.15) is 30.8 Å². The fourth-order valence-corrected chi connectivity index (χ4v) is 3.49. The first kappa shape index (κ1) is 19.8. The van der Waals surface area contributed by atoms with Crippen molar-refractivity contribution in [1.29, 1.82) is 0 Å². The maximum Gasteiger partial charge on any atom is 0.311 e. The van der Waals surface area contributed by atoms with Gasteiger partial charge in [-0.3, -0.25) is 14.4 Å². The van der Waals surface area contributed by atoms with E-state index in [1.54, 1.807) is 50.2 Å². The molecule has 1 amide bonds. The number of halogens is 1. The Hall–Kier alpha value is -3.55. The third kappa shape index (κ3) is 3.68. The van der Waals surface area contributed by atoms with E-state index in [0.29, 0.717) is 22.2 Å². The molecule has 154 valence electrons. The van der Waals surface area contributed by atoms with Gasteiger partial charge in [0.15, 0.2) is 11.9 Å². The standard InChI is InChI=1S/C22H20FN3O4/c1-12-7-8-15(10-17(12)23)26-11-14(9-19(26)27)22(29)30-13(2)20-24-18-6-4-3-5-16(18)21(28)25-20/h3-8,10,13-14H,9,11H2,1-2H3,(H,24,25,28)/t13-,14-/m1/s1. The minimum absolute atomic E-state index is 0.0251. The fourth-order valence-electron chi connectivity index (χ4n) is 3.49. The van der Waals surface area contributed by atoms with E-state index in [-0.39, 0.29) is 30.3 Å². The van der Waals surface area contributed by atoms with Crippen LogP contribution in [0.5, 0.6) is 0 Å². The number of amides is 1. The van der Waals surface area contributed by atoms with Gasteiger partial charge >= 0.3 is 5.97 Å². The van der Waals surface area contributed by atoms with Crippen molar-refractivity contribution >= 4 is 28.5 Å². The molecule has 1 N–H and O–H groups in total. The molecule has 2 heterocycles. The Bertz CT molecular complexity index is 1210. The van der Waals surface area contributed by atoms with Gasteiger partial charge in [0, 0.05) is 18.7 Å². The van der Waals surface area contributed by atoms with E-state index in [0.717, 1.165) is 0 Å². The zero-order valence-electron chi connectivity index (χ0n) is 16.5. The van der Waals surface area contributed by atoms with Gasteiger partial charge < -0.3 is 14.6 Å². The molecule has 0 aliphatic carbocycles. The lowest BCUT2D eigenvalue weighted by Crippen LogP contribution is -2.27. The number of anilines is 1. The number of H-pyrrole nitrogens is 1. The molecule has 1 aliphatic heterocycles. The van der Waals surface area contributed by atoms with Gasteiger partial charge in [-0.2, -0.15) is 0 Å². The molecule has 2 aromatic carbocycles. The highest BCUT2D eigenvalue weighted by molar-refractivity contribution is 5.99. The van der Waals surface area contributed by atoms with Crippen molar-refractivity contribution in [1.82, 2.24) is 9.97 Å². The summed E-state index contributed by atoms with van der Waals surface area (Å²) in [5, 5.41) is 0.446. The zero-order valence-corrected chi connectivity index (χ0v) is 16.5. The van der Waals surface area contributed by atoms with Gasteiger partial charge in [-0.05, 0) is 43.7 Å². The number of hydrogen-bond acceptors (Lipinski definition) is 5. The monoisotopic (exact) mass is 409 g/mol. The number of rotatable bonds is 4. The summed E-state index contributed by atoms with van der Waals surface area (Å²) in [4.78, 5) is 45.6. The molecule has 3 aromatic rings. The van der Waals surface area contributed by atoms with Crippen LogP contribution in [0.4, 0.5) is 10.1 Å². The molecule has 1 fully saturated rings. The number of carbonyl (C=O) groups excluding carboxylic acids is 2. The molecule has 0 spiro atoms. The molecule has 7 nitrogen and oxygen atoms in total. The van der Waals surface area contributed by atoms with Crippen molar-refractivity contribution in [2.24, 2.45) is 5.92 Å².